The molecule has 2 rings (SSSR count). The molecule has 0 spiro atoms. The van der Waals surface area contributed by atoms with Gasteiger partial charge >= 0.3 is 0 Å². The van der Waals surface area contributed by atoms with E-state index in [0.29, 0.717) is 13.2 Å². The van der Waals surface area contributed by atoms with Gasteiger partial charge in [-0.1, -0.05) is 107 Å². The summed E-state index contributed by atoms with van der Waals surface area (Å²) in [5, 5.41) is 0. The van der Waals surface area contributed by atoms with Gasteiger partial charge in [0, 0.05) is 11.1 Å². The molecule has 0 bridgehead atoms. The second kappa shape index (κ2) is 13.5. The molecule has 2 unspecified atom stereocenters. The summed E-state index contributed by atoms with van der Waals surface area (Å²) in [7, 11) is -0.0288. The van der Waals surface area contributed by atoms with Gasteiger partial charge in [-0.25, -0.2) is 0 Å². The van der Waals surface area contributed by atoms with Gasteiger partial charge in [-0.2, -0.15) is 0 Å². The molecule has 214 valence electrons. The molecule has 0 heterocycles. The molecule has 0 aliphatic heterocycles. The SMILES string of the molecule is CC(C)(C)c1ccc(OPOCCCCOPOc2ccc(C(C)(C)C)cc2C(C)(C)C)c(C(C)(C)C)c1. The fraction of sp³-hybridized carbons (Fsp3) is 0.625. The van der Waals surface area contributed by atoms with Crippen molar-refractivity contribution >= 4 is 18.1 Å². The van der Waals surface area contributed by atoms with Crippen LogP contribution in [-0.2, 0) is 30.7 Å². The number of hydrogen-bond acceptors (Lipinski definition) is 4. The standard InChI is InChI=1S/C32H52O4P2/c1-29(2,3)23-15-17-27(25(21-23)31(7,8)9)35-37-33-19-13-14-20-34-38-36-28-18-16-24(30(4,5)6)22-26(28)32(10,11)12/h15-18,21-22,37-38H,13-14,19-20H2,1-12H3. The van der Waals surface area contributed by atoms with E-state index in [-0.39, 0.29) is 39.7 Å². The molecule has 0 N–H and O–H groups in total. The van der Waals surface area contributed by atoms with E-state index in [4.69, 9.17) is 18.1 Å². The number of unbranched alkanes of at least 4 members (excludes halogenated alkanes) is 1. The van der Waals surface area contributed by atoms with Gasteiger partial charge < -0.3 is 18.1 Å². The highest BCUT2D eigenvalue weighted by Crippen LogP contribution is 2.39. The summed E-state index contributed by atoms with van der Waals surface area (Å²) < 4.78 is 23.7. The van der Waals surface area contributed by atoms with Crippen molar-refractivity contribution < 1.29 is 18.1 Å². The molecule has 2 atom stereocenters. The van der Waals surface area contributed by atoms with Crippen molar-refractivity contribution in [2.75, 3.05) is 13.2 Å². The summed E-state index contributed by atoms with van der Waals surface area (Å²) in [5.74, 6) is 1.83. The Morgan fingerprint density at radius 2 is 0.842 bits per heavy atom. The summed E-state index contributed by atoms with van der Waals surface area (Å²) in [6, 6.07) is 13.1. The maximum absolute atomic E-state index is 6.05. The van der Waals surface area contributed by atoms with Crippen molar-refractivity contribution in [3.8, 4) is 11.5 Å². The number of rotatable bonds is 11. The van der Waals surface area contributed by atoms with E-state index in [0.717, 1.165) is 24.3 Å². The zero-order chi connectivity index (χ0) is 28.8. The molecule has 0 radical (unpaired) electrons. The van der Waals surface area contributed by atoms with Crippen molar-refractivity contribution in [2.24, 2.45) is 0 Å². The van der Waals surface area contributed by atoms with Gasteiger partial charge in [0.05, 0.1) is 13.2 Å². The van der Waals surface area contributed by atoms with Crippen molar-refractivity contribution in [1.82, 2.24) is 0 Å². The lowest BCUT2D eigenvalue weighted by Crippen LogP contribution is -2.17. The molecule has 4 nitrogen and oxygen atoms in total. The number of benzene rings is 2. The Labute approximate surface area is 236 Å². The molecule has 2 aromatic rings. The van der Waals surface area contributed by atoms with Gasteiger partial charge in [0.25, 0.3) is 0 Å². The Hall–Kier alpha value is -1.18. The first-order valence-corrected chi connectivity index (χ1v) is 15.4. The molecular formula is C32H52O4P2. The van der Waals surface area contributed by atoms with Crippen LogP contribution in [0, 0.1) is 0 Å². The normalized spacial score (nSPS) is 13.7. The van der Waals surface area contributed by atoms with Gasteiger partial charge in [0.15, 0.2) is 0 Å². The monoisotopic (exact) mass is 562 g/mol. The highest BCUT2D eigenvalue weighted by Gasteiger charge is 2.24. The van der Waals surface area contributed by atoms with E-state index >= 15 is 0 Å². The van der Waals surface area contributed by atoms with Crippen LogP contribution in [0.25, 0.3) is 0 Å². The van der Waals surface area contributed by atoms with Crippen LogP contribution >= 0.6 is 18.1 Å². The van der Waals surface area contributed by atoms with Gasteiger partial charge in [0.1, 0.15) is 11.5 Å². The topological polar surface area (TPSA) is 36.9 Å². The van der Waals surface area contributed by atoms with Crippen molar-refractivity contribution in [2.45, 2.75) is 118 Å². The number of hydrogen-bond donors (Lipinski definition) is 0. The lowest BCUT2D eigenvalue weighted by molar-refractivity contribution is 0.278. The van der Waals surface area contributed by atoms with E-state index in [9.17, 15) is 0 Å². The first-order valence-electron chi connectivity index (χ1n) is 13.8. The second-order valence-electron chi connectivity index (χ2n) is 14.2. The van der Waals surface area contributed by atoms with E-state index < -0.39 is 0 Å². The van der Waals surface area contributed by atoms with Gasteiger partial charge in [0.2, 0.25) is 18.1 Å². The minimum atomic E-state index is -0.0144. The minimum Gasteiger partial charge on any atom is -0.449 e. The Kier molecular flexibility index (Phi) is 11.7. The van der Waals surface area contributed by atoms with Crippen LogP contribution in [0.4, 0.5) is 0 Å². The van der Waals surface area contributed by atoms with Crippen LogP contribution in [0.2, 0.25) is 0 Å². The average molecular weight is 563 g/mol. The van der Waals surface area contributed by atoms with Crippen molar-refractivity contribution in [3.63, 3.8) is 0 Å². The maximum atomic E-state index is 6.05. The summed E-state index contributed by atoms with van der Waals surface area (Å²) in [5.41, 5.74) is 5.30. The largest absolute Gasteiger partial charge is 0.449 e. The predicted molar refractivity (Wildman–Crippen MR) is 167 cm³/mol. The smallest absolute Gasteiger partial charge is 0.215 e. The quantitative estimate of drug-likeness (QED) is 0.202. The molecular weight excluding hydrogens is 510 g/mol. The molecule has 0 fully saturated rings. The summed E-state index contributed by atoms with van der Waals surface area (Å²) >= 11 is 0. The molecule has 0 aliphatic rings. The van der Waals surface area contributed by atoms with E-state index in [1.54, 1.807) is 0 Å². The fourth-order valence-electron chi connectivity index (χ4n) is 3.92. The first kappa shape index (κ1) is 33.0. The van der Waals surface area contributed by atoms with Crippen LogP contribution in [0.1, 0.15) is 118 Å². The van der Waals surface area contributed by atoms with Crippen LogP contribution in [0.5, 0.6) is 11.5 Å². The van der Waals surface area contributed by atoms with E-state index in [1.165, 1.54) is 22.3 Å². The average Bonchev–Trinajstić information content (AvgIpc) is 2.77. The third kappa shape index (κ3) is 10.4. The molecule has 0 aliphatic carbocycles. The molecule has 38 heavy (non-hydrogen) atoms. The Morgan fingerprint density at radius 1 is 0.500 bits per heavy atom. The maximum Gasteiger partial charge on any atom is 0.215 e. The second-order valence-corrected chi connectivity index (χ2v) is 15.5. The van der Waals surface area contributed by atoms with E-state index in [2.05, 4.69) is 119 Å². The molecule has 0 amide bonds. The molecule has 0 saturated carbocycles. The molecule has 0 aromatic heterocycles. The van der Waals surface area contributed by atoms with Crippen molar-refractivity contribution in [1.29, 1.82) is 0 Å². The van der Waals surface area contributed by atoms with Gasteiger partial charge in [-0.3, -0.25) is 0 Å². The Morgan fingerprint density at radius 3 is 1.13 bits per heavy atom. The Balaban J connectivity index is 1.73. The molecule has 2 aromatic carbocycles. The summed E-state index contributed by atoms with van der Waals surface area (Å²) in [4.78, 5) is 0. The van der Waals surface area contributed by atoms with Crippen LogP contribution < -0.4 is 9.05 Å². The first-order chi connectivity index (χ1) is 17.4. The third-order valence-corrected chi connectivity index (χ3v) is 7.72. The summed E-state index contributed by atoms with van der Waals surface area (Å²) in [6.07, 6.45) is 1.84. The lowest BCUT2D eigenvalue weighted by Gasteiger charge is -2.27. The Bertz CT molecular complexity index is 938. The lowest BCUT2D eigenvalue weighted by atomic mass is 9.80. The highest BCUT2D eigenvalue weighted by atomic mass is 31.1. The predicted octanol–water partition coefficient (Wildman–Crippen LogP) is 10.2. The zero-order valence-electron chi connectivity index (χ0n) is 25.9. The third-order valence-electron chi connectivity index (χ3n) is 6.47. The molecule has 6 heteroatoms. The summed E-state index contributed by atoms with van der Waals surface area (Å²) in [6.45, 7) is 28.1. The van der Waals surface area contributed by atoms with Crippen LogP contribution in [0.15, 0.2) is 36.4 Å². The van der Waals surface area contributed by atoms with Crippen LogP contribution in [0.3, 0.4) is 0 Å². The fourth-order valence-corrected chi connectivity index (χ4v) is 5.03. The van der Waals surface area contributed by atoms with E-state index in [1.807, 2.05) is 0 Å². The van der Waals surface area contributed by atoms with Gasteiger partial charge in [-0.05, 0) is 57.8 Å². The van der Waals surface area contributed by atoms with Crippen molar-refractivity contribution in [3.05, 3.63) is 58.7 Å². The minimum absolute atomic E-state index is 0.00351. The van der Waals surface area contributed by atoms with Gasteiger partial charge in [-0.15, -0.1) is 0 Å². The molecule has 0 saturated heterocycles. The van der Waals surface area contributed by atoms with Crippen LogP contribution in [-0.4, -0.2) is 13.2 Å². The zero-order valence-corrected chi connectivity index (χ0v) is 27.9. The highest BCUT2D eigenvalue weighted by molar-refractivity contribution is 7.26.